The first-order chi connectivity index (χ1) is 19.1. The topological polar surface area (TPSA) is 96.4 Å². The molecule has 0 atom stereocenters. The van der Waals surface area contributed by atoms with Crippen LogP contribution in [0.2, 0.25) is 0 Å². The van der Waals surface area contributed by atoms with Crippen LogP contribution >= 0.6 is 0 Å². The Morgan fingerprint density at radius 2 is 1.82 bits per heavy atom. The van der Waals surface area contributed by atoms with Gasteiger partial charge >= 0.3 is 6.09 Å². The van der Waals surface area contributed by atoms with Crippen molar-refractivity contribution in [2.75, 3.05) is 32.0 Å². The molecule has 40 heavy (non-hydrogen) atoms. The van der Waals surface area contributed by atoms with Gasteiger partial charge in [-0.3, -0.25) is 9.45 Å². The van der Waals surface area contributed by atoms with Crippen molar-refractivity contribution >= 4 is 16.2 Å². The van der Waals surface area contributed by atoms with Crippen LogP contribution in [0, 0.1) is 11.7 Å². The number of rotatable bonds is 9. The highest BCUT2D eigenvalue weighted by atomic mass is 32.2. The van der Waals surface area contributed by atoms with Gasteiger partial charge in [0.1, 0.15) is 17.2 Å². The largest absolute Gasteiger partial charge is 0.494 e. The molecule has 2 aliphatic carbocycles. The molecule has 4 fully saturated rings. The normalized spacial score (nSPS) is 24.7. The fourth-order valence-corrected chi connectivity index (χ4v) is 7.47. The van der Waals surface area contributed by atoms with Gasteiger partial charge in [-0.05, 0) is 85.4 Å². The molecular weight excluding hydrogens is 535 g/mol. The Hall–Kier alpha value is -2.69. The highest BCUT2D eigenvalue weighted by molar-refractivity contribution is 7.85. The van der Waals surface area contributed by atoms with Gasteiger partial charge < -0.3 is 14.4 Å². The number of benzene rings is 2. The molecule has 6 rings (SSSR count). The Morgan fingerprint density at radius 1 is 1.12 bits per heavy atom. The van der Waals surface area contributed by atoms with E-state index >= 15 is 0 Å². The van der Waals surface area contributed by atoms with Gasteiger partial charge in [0.25, 0.3) is 10.1 Å². The van der Waals surface area contributed by atoms with Crippen molar-refractivity contribution in [3.8, 4) is 16.9 Å². The summed E-state index contributed by atoms with van der Waals surface area (Å²) in [6.45, 7) is 5.40. The van der Waals surface area contributed by atoms with E-state index < -0.39 is 15.7 Å². The first-order valence-corrected chi connectivity index (χ1v) is 15.9. The van der Waals surface area contributed by atoms with Crippen molar-refractivity contribution in [2.45, 2.75) is 69.6 Å². The van der Waals surface area contributed by atoms with Crippen LogP contribution in [0.5, 0.6) is 5.75 Å². The number of likely N-dealkylation sites (tertiary alicyclic amines) is 1. The Balaban J connectivity index is 1.12. The van der Waals surface area contributed by atoms with Crippen molar-refractivity contribution < 1.29 is 31.6 Å². The lowest BCUT2D eigenvalue weighted by Crippen LogP contribution is -2.50. The van der Waals surface area contributed by atoms with Crippen molar-refractivity contribution in [1.29, 1.82) is 0 Å². The second kappa shape index (κ2) is 10.6. The van der Waals surface area contributed by atoms with E-state index in [0.29, 0.717) is 31.9 Å². The maximum atomic E-state index is 13.6. The maximum absolute atomic E-state index is 13.6. The second-order valence-corrected chi connectivity index (χ2v) is 13.5. The molecule has 1 amide bonds. The number of carbonyl (C=O) groups is 1. The van der Waals surface area contributed by atoms with Gasteiger partial charge in [-0.1, -0.05) is 12.1 Å². The number of nitrogens with zero attached hydrogens (tertiary/aromatic N) is 2. The number of amides is 1. The Bertz CT molecular complexity index is 1360. The average molecular weight is 573 g/mol. The lowest BCUT2D eigenvalue weighted by atomic mass is 9.80. The van der Waals surface area contributed by atoms with Gasteiger partial charge in [-0.25, -0.2) is 9.18 Å². The lowest BCUT2D eigenvalue weighted by Gasteiger charge is -2.41. The fourth-order valence-electron chi connectivity index (χ4n) is 6.61. The molecule has 0 radical (unpaired) electrons. The summed E-state index contributed by atoms with van der Waals surface area (Å²) in [5.41, 5.74) is 4.05. The highest BCUT2D eigenvalue weighted by Gasteiger charge is 2.51. The third-order valence-corrected chi connectivity index (χ3v) is 9.85. The molecule has 0 aromatic heterocycles. The molecule has 2 aliphatic heterocycles. The van der Waals surface area contributed by atoms with Crippen LogP contribution in [0.4, 0.5) is 9.18 Å². The summed E-state index contributed by atoms with van der Waals surface area (Å²) in [7, 11) is -4.00. The zero-order chi connectivity index (χ0) is 28.1. The predicted molar refractivity (Wildman–Crippen MR) is 148 cm³/mol. The van der Waals surface area contributed by atoms with Crippen molar-refractivity contribution in [1.82, 2.24) is 9.80 Å². The van der Waals surface area contributed by atoms with E-state index in [2.05, 4.69) is 17.0 Å². The molecule has 0 bridgehead atoms. The summed E-state index contributed by atoms with van der Waals surface area (Å²) >= 11 is 0. The molecule has 2 heterocycles. The van der Waals surface area contributed by atoms with E-state index in [0.717, 1.165) is 67.8 Å². The zero-order valence-electron chi connectivity index (χ0n) is 22.9. The summed E-state index contributed by atoms with van der Waals surface area (Å²) < 4.78 is 57.0. The van der Waals surface area contributed by atoms with Crippen molar-refractivity contribution in [3.05, 3.63) is 53.3 Å². The molecule has 0 unspecified atom stereocenters. The molecule has 216 valence electrons. The van der Waals surface area contributed by atoms with Gasteiger partial charge in [0.2, 0.25) is 0 Å². The van der Waals surface area contributed by atoms with Gasteiger partial charge in [0.05, 0.1) is 18.9 Å². The second-order valence-electron chi connectivity index (χ2n) is 12.0. The quantitative estimate of drug-likeness (QED) is 0.412. The monoisotopic (exact) mass is 572 g/mol. The number of piperidine rings is 1. The molecule has 10 heteroatoms. The molecular formula is C30H37FN2O6S. The maximum Gasteiger partial charge on any atom is 0.410 e. The standard InChI is InChI=1S/C30H37FN2O6S/c1-2-38-28-16-27(22-5-7-24(31)8-6-22)26(21-3-4-21)15-23(28)17-32-11-9-30(10-12-32)19-33(29(34)39-30)25-13-20(14-25)18-40(35,36)37/h5-8,15-16,20-21,25H,2-4,9-14,17-19H2,1H3,(H,35,36,37)/t20-,25+. The molecule has 1 N–H and O–H groups in total. The molecule has 2 aromatic carbocycles. The SMILES string of the molecule is CCOc1cc(-c2ccc(F)cc2)c(C2CC2)cc1CN1CCC2(CC1)CN([C@H]1C[C@@H](CS(=O)(=O)O)C1)C(=O)O2. The third kappa shape index (κ3) is 5.85. The minimum absolute atomic E-state index is 0.0223. The Morgan fingerprint density at radius 3 is 2.45 bits per heavy atom. The van der Waals surface area contributed by atoms with Crippen LogP contribution < -0.4 is 4.74 Å². The summed E-state index contributed by atoms with van der Waals surface area (Å²) in [6.07, 6.45) is 4.64. The smallest absolute Gasteiger partial charge is 0.410 e. The van der Waals surface area contributed by atoms with Crippen LogP contribution in [-0.4, -0.2) is 72.5 Å². The van der Waals surface area contributed by atoms with Crippen molar-refractivity contribution in [2.24, 2.45) is 5.92 Å². The van der Waals surface area contributed by atoms with Gasteiger partial charge in [-0.2, -0.15) is 8.42 Å². The minimum Gasteiger partial charge on any atom is -0.494 e. The highest BCUT2D eigenvalue weighted by Crippen LogP contribution is 2.47. The van der Waals surface area contributed by atoms with E-state index in [4.69, 9.17) is 14.0 Å². The van der Waals surface area contributed by atoms with Crippen molar-refractivity contribution in [3.63, 3.8) is 0 Å². The fraction of sp³-hybridized carbons (Fsp3) is 0.567. The minimum atomic E-state index is -4.00. The van der Waals surface area contributed by atoms with E-state index in [1.54, 1.807) is 4.90 Å². The van der Waals surface area contributed by atoms with Crippen LogP contribution in [0.25, 0.3) is 11.1 Å². The molecule has 1 spiro atoms. The Labute approximate surface area is 235 Å². The molecule has 2 aromatic rings. The summed E-state index contributed by atoms with van der Waals surface area (Å²) in [4.78, 5) is 16.9. The average Bonchev–Trinajstić information content (AvgIpc) is 3.68. The van der Waals surface area contributed by atoms with Crippen LogP contribution in [0.1, 0.15) is 62.5 Å². The van der Waals surface area contributed by atoms with Gasteiger partial charge in [0.15, 0.2) is 0 Å². The Kier molecular flexibility index (Phi) is 7.29. The summed E-state index contributed by atoms with van der Waals surface area (Å²) in [5, 5.41) is 0. The van der Waals surface area contributed by atoms with E-state index in [9.17, 15) is 17.6 Å². The number of hydrogen-bond donors (Lipinski definition) is 1. The number of halogens is 1. The lowest BCUT2D eigenvalue weighted by molar-refractivity contribution is -0.00167. The van der Waals surface area contributed by atoms with Crippen LogP contribution in [0.15, 0.2) is 36.4 Å². The molecule has 2 saturated carbocycles. The predicted octanol–water partition coefficient (Wildman–Crippen LogP) is 5.22. The molecule has 8 nitrogen and oxygen atoms in total. The van der Waals surface area contributed by atoms with Gasteiger partial charge in [0, 0.05) is 44.1 Å². The summed E-state index contributed by atoms with van der Waals surface area (Å²) in [5.74, 6) is 0.775. The molecule has 2 saturated heterocycles. The van der Waals surface area contributed by atoms with Gasteiger partial charge in [-0.15, -0.1) is 0 Å². The third-order valence-electron chi connectivity index (χ3n) is 8.96. The number of hydrogen-bond acceptors (Lipinski definition) is 6. The van der Waals surface area contributed by atoms with E-state index in [-0.39, 0.29) is 29.6 Å². The van der Waals surface area contributed by atoms with Crippen LogP contribution in [0.3, 0.4) is 0 Å². The first kappa shape index (κ1) is 27.5. The number of ether oxygens (including phenoxy) is 2. The zero-order valence-corrected chi connectivity index (χ0v) is 23.7. The van der Waals surface area contributed by atoms with E-state index in [1.807, 2.05) is 19.1 Å². The van der Waals surface area contributed by atoms with E-state index in [1.165, 1.54) is 17.7 Å². The molecule has 4 aliphatic rings. The first-order valence-electron chi connectivity index (χ1n) is 14.3. The van der Waals surface area contributed by atoms with Crippen LogP contribution in [-0.2, 0) is 21.4 Å². The summed E-state index contributed by atoms with van der Waals surface area (Å²) in [6, 6.07) is 11.1. The number of carbonyl (C=O) groups excluding carboxylic acids is 1.